The Morgan fingerprint density at radius 1 is 1.38 bits per heavy atom. The molecule has 2 N–H and O–H groups in total. The number of nitrogens with zero attached hydrogens (tertiary/aromatic N) is 7. The average molecular weight is 330 g/mol. The third kappa shape index (κ3) is 3.64. The third-order valence-electron chi connectivity index (χ3n) is 4.85. The molecule has 1 saturated carbocycles. The van der Waals surface area contributed by atoms with Crippen molar-refractivity contribution in [3.05, 3.63) is 0 Å². The molecule has 0 spiro atoms. The second kappa shape index (κ2) is 7.38. The fourth-order valence-electron chi connectivity index (χ4n) is 3.51. The number of aliphatic imine (C=N–C) groups is 3. The number of hydrogen-bond donors (Lipinski definition) is 1. The summed E-state index contributed by atoms with van der Waals surface area (Å²) in [5, 5.41) is 11.0. The summed E-state index contributed by atoms with van der Waals surface area (Å²) < 4.78 is 0. The van der Waals surface area contributed by atoms with Crippen LogP contribution >= 0.6 is 0 Å². The van der Waals surface area contributed by atoms with E-state index < -0.39 is 0 Å². The van der Waals surface area contributed by atoms with Gasteiger partial charge in [0, 0.05) is 19.6 Å². The minimum Gasteiger partial charge on any atom is -0.318 e. The smallest absolute Gasteiger partial charge is 0.231 e. The summed E-state index contributed by atoms with van der Waals surface area (Å²) in [7, 11) is 4.06. The predicted molar refractivity (Wildman–Crippen MR) is 94.7 cm³/mol. The van der Waals surface area contributed by atoms with Crippen LogP contribution in [-0.2, 0) is 0 Å². The zero-order valence-electron chi connectivity index (χ0n) is 14.5. The summed E-state index contributed by atoms with van der Waals surface area (Å²) in [5.74, 6) is 7.92. The first kappa shape index (κ1) is 17.0. The van der Waals surface area contributed by atoms with Crippen LogP contribution in [0.2, 0.25) is 0 Å². The molecule has 130 valence electrons. The molecule has 3 rings (SSSR count). The molecule has 0 aromatic carbocycles. The van der Waals surface area contributed by atoms with Crippen LogP contribution in [0.25, 0.3) is 0 Å². The normalized spacial score (nSPS) is 26.8. The van der Waals surface area contributed by atoms with E-state index in [0.29, 0.717) is 5.92 Å². The monoisotopic (exact) mass is 330 g/mol. The first-order chi connectivity index (χ1) is 11.6. The molecule has 2 aliphatic heterocycles. The van der Waals surface area contributed by atoms with Crippen molar-refractivity contribution in [1.82, 2.24) is 14.8 Å². The topological polar surface area (TPSA) is 96.6 Å². The van der Waals surface area contributed by atoms with Gasteiger partial charge in [0.2, 0.25) is 5.84 Å². The van der Waals surface area contributed by atoms with Crippen molar-refractivity contribution in [2.45, 2.75) is 37.9 Å². The first-order valence-electron chi connectivity index (χ1n) is 8.61. The van der Waals surface area contributed by atoms with E-state index >= 15 is 0 Å². The summed E-state index contributed by atoms with van der Waals surface area (Å²) >= 11 is 0. The van der Waals surface area contributed by atoms with Gasteiger partial charge in [-0.1, -0.05) is 12.8 Å². The number of nitriles is 1. The number of hydrazine groups is 1. The van der Waals surface area contributed by atoms with Gasteiger partial charge in [-0.3, -0.25) is 10.8 Å². The summed E-state index contributed by atoms with van der Waals surface area (Å²) in [5.41, 5.74) is 0. The van der Waals surface area contributed by atoms with E-state index in [1.54, 1.807) is 11.3 Å². The number of likely N-dealkylation sites (N-methyl/N-ethyl adjacent to an activating group) is 1. The fourth-order valence-corrected chi connectivity index (χ4v) is 3.51. The molecule has 0 amide bonds. The Kier molecular flexibility index (Phi) is 5.23. The largest absolute Gasteiger partial charge is 0.318 e. The van der Waals surface area contributed by atoms with Crippen LogP contribution in [0.1, 0.15) is 25.7 Å². The minimum atomic E-state index is -0.339. The molecule has 2 atom stereocenters. The summed E-state index contributed by atoms with van der Waals surface area (Å²) in [4.78, 5) is 17.5. The summed E-state index contributed by atoms with van der Waals surface area (Å²) in [6.45, 7) is 2.46. The van der Waals surface area contributed by atoms with Gasteiger partial charge in [0.1, 0.15) is 24.1 Å². The van der Waals surface area contributed by atoms with Gasteiger partial charge in [0.15, 0.2) is 0 Å². The van der Waals surface area contributed by atoms with Crippen LogP contribution in [0.3, 0.4) is 0 Å². The lowest BCUT2D eigenvalue weighted by Crippen LogP contribution is -2.53. The molecule has 8 nitrogen and oxygen atoms in total. The quantitative estimate of drug-likeness (QED) is 0.557. The zero-order chi connectivity index (χ0) is 17.1. The maximum Gasteiger partial charge on any atom is 0.231 e. The van der Waals surface area contributed by atoms with E-state index in [1.165, 1.54) is 25.7 Å². The third-order valence-corrected chi connectivity index (χ3v) is 4.85. The van der Waals surface area contributed by atoms with E-state index in [2.05, 4.69) is 25.9 Å². The average Bonchev–Trinajstić information content (AvgIpc) is 3.21. The van der Waals surface area contributed by atoms with Crippen LogP contribution in [0.15, 0.2) is 15.0 Å². The van der Waals surface area contributed by atoms with Crippen molar-refractivity contribution in [2.75, 3.05) is 33.7 Å². The minimum absolute atomic E-state index is 0.188. The van der Waals surface area contributed by atoms with Crippen molar-refractivity contribution >= 4 is 18.0 Å². The maximum absolute atomic E-state index is 9.28. The Hall–Kier alpha value is -1.82. The molecule has 0 saturated heterocycles. The molecule has 1 fully saturated rings. The lowest BCUT2D eigenvalue weighted by atomic mass is 10.1. The van der Waals surface area contributed by atoms with Crippen molar-refractivity contribution in [1.29, 1.82) is 5.26 Å². The molecule has 2 unspecified atom stereocenters. The van der Waals surface area contributed by atoms with Gasteiger partial charge >= 0.3 is 0 Å². The van der Waals surface area contributed by atoms with Gasteiger partial charge in [0.25, 0.3) is 0 Å². The van der Waals surface area contributed by atoms with Crippen LogP contribution in [0, 0.1) is 17.2 Å². The van der Waals surface area contributed by atoms with Crippen LogP contribution in [0.4, 0.5) is 0 Å². The standard InChI is InChI=1S/C16H26N8/c1-22(2)7-8-23-11-19-14-15(23)20-13(9-17)21-16(14)24(18)10-12-5-3-4-6-12/h11-12,14,16H,3-8,10,18H2,1-2H3. The molecule has 0 aromatic rings. The van der Waals surface area contributed by atoms with E-state index in [-0.39, 0.29) is 18.0 Å². The number of rotatable bonds is 6. The van der Waals surface area contributed by atoms with Crippen molar-refractivity contribution in [3.63, 3.8) is 0 Å². The van der Waals surface area contributed by atoms with E-state index in [0.717, 1.165) is 25.5 Å². The van der Waals surface area contributed by atoms with Crippen LogP contribution in [0.5, 0.6) is 0 Å². The lowest BCUT2D eigenvalue weighted by molar-refractivity contribution is 0.166. The van der Waals surface area contributed by atoms with Crippen molar-refractivity contribution in [3.8, 4) is 6.07 Å². The highest BCUT2D eigenvalue weighted by Crippen LogP contribution is 2.27. The Morgan fingerprint density at radius 3 is 2.79 bits per heavy atom. The van der Waals surface area contributed by atoms with Gasteiger partial charge in [0.05, 0.1) is 6.34 Å². The van der Waals surface area contributed by atoms with Crippen molar-refractivity contribution < 1.29 is 0 Å². The molecular weight excluding hydrogens is 304 g/mol. The lowest BCUT2D eigenvalue weighted by Gasteiger charge is -2.32. The molecular formula is C16H26N8. The summed E-state index contributed by atoms with van der Waals surface area (Å²) in [6.07, 6.45) is 6.47. The Bertz CT molecular complexity index is 581. The van der Waals surface area contributed by atoms with E-state index in [9.17, 15) is 5.26 Å². The Morgan fingerprint density at radius 2 is 2.12 bits per heavy atom. The Labute approximate surface area is 143 Å². The van der Waals surface area contributed by atoms with Crippen LogP contribution in [-0.4, -0.2) is 78.8 Å². The molecule has 3 aliphatic rings. The second-order valence-corrected chi connectivity index (χ2v) is 7.00. The predicted octanol–water partition coefficient (Wildman–Crippen LogP) is 0.287. The number of amidine groups is 2. The maximum atomic E-state index is 9.28. The fraction of sp³-hybridized carbons (Fsp3) is 0.750. The van der Waals surface area contributed by atoms with Crippen LogP contribution < -0.4 is 5.84 Å². The number of fused-ring (bicyclic) bond motifs is 1. The molecule has 24 heavy (non-hydrogen) atoms. The molecule has 0 aromatic heterocycles. The number of hydrogen-bond acceptors (Lipinski definition) is 8. The summed E-state index contributed by atoms with van der Waals surface area (Å²) in [6, 6.07) is 1.86. The van der Waals surface area contributed by atoms with E-state index in [1.807, 2.05) is 19.0 Å². The molecule has 1 aliphatic carbocycles. The Balaban J connectivity index is 1.72. The molecule has 0 bridgehead atoms. The van der Waals surface area contributed by atoms with Gasteiger partial charge in [-0.15, -0.1) is 0 Å². The van der Waals surface area contributed by atoms with Gasteiger partial charge in [-0.2, -0.15) is 5.26 Å². The highest BCUT2D eigenvalue weighted by atomic mass is 15.5. The van der Waals surface area contributed by atoms with Crippen molar-refractivity contribution in [2.24, 2.45) is 26.7 Å². The second-order valence-electron chi connectivity index (χ2n) is 7.00. The number of nitrogens with two attached hydrogens (primary N) is 1. The first-order valence-corrected chi connectivity index (χ1v) is 8.61. The molecule has 8 heteroatoms. The van der Waals surface area contributed by atoms with Gasteiger partial charge in [-0.05, 0) is 32.9 Å². The van der Waals surface area contributed by atoms with Gasteiger partial charge in [-0.25, -0.2) is 15.0 Å². The van der Waals surface area contributed by atoms with E-state index in [4.69, 9.17) is 5.84 Å². The highest BCUT2D eigenvalue weighted by Gasteiger charge is 2.39. The van der Waals surface area contributed by atoms with Gasteiger partial charge < -0.3 is 9.80 Å². The zero-order valence-corrected chi connectivity index (χ0v) is 14.5. The highest BCUT2D eigenvalue weighted by molar-refractivity contribution is 6.12. The molecule has 0 radical (unpaired) electrons. The molecule has 2 heterocycles. The SMILES string of the molecule is CN(C)CCN1C=NC2C1=NC(C#N)=NC2N(N)CC1CCCC1.